The number of likely N-dealkylation sites (tertiary alicyclic amines) is 1. The average molecular weight is 444 g/mol. The fraction of sp³-hybridized carbons (Fsp3) is 0.273. The minimum absolute atomic E-state index is 0.105. The molecule has 10 heteroatoms. The monoisotopic (exact) mass is 444 g/mol. The van der Waals surface area contributed by atoms with E-state index in [-0.39, 0.29) is 11.4 Å². The predicted molar refractivity (Wildman–Crippen MR) is 111 cm³/mol. The minimum Gasteiger partial charge on any atom is -0.480 e. The van der Waals surface area contributed by atoms with Gasteiger partial charge in [0.1, 0.15) is 6.04 Å². The third kappa shape index (κ3) is 4.20. The smallest absolute Gasteiger partial charge is 0.416 e. The van der Waals surface area contributed by atoms with Crippen LogP contribution in [0.4, 0.5) is 24.7 Å². The summed E-state index contributed by atoms with van der Waals surface area (Å²) >= 11 is 0. The standard InChI is InChI=1S/C22H19F3N4O3/c1-12-19(28-17-11-14(22(23,24)25)6-9-16(17)26-12)27-15-7-4-13(5-8-15)20(30)29-10-2-3-18(29)21(31)32/h4-9,11,18H,2-3,10H2,1H3,(H,27,28)(H,31,32). The van der Waals surface area contributed by atoms with Crippen LogP contribution in [-0.2, 0) is 11.0 Å². The number of aliphatic carboxylic acids is 1. The lowest BCUT2D eigenvalue weighted by Crippen LogP contribution is -2.40. The van der Waals surface area contributed by atoms with Crippen LogP contribution in [0.1, 0.15) is 34.5 Å². The van der Waals surface area contributed by atoms with Crippen molar-refractivity contribution in [2.24, 2.45) is 0 Å². The summed E-state index contributed by atoms with van der Waals surface area (Å²) in [6, 6.07) is 8.74. The van der Waals surface area contributed by atoms with Crippen LogP contribution in [-0.4, -0.2) is 44.4 Å². The Kier molecular flexibility index (Phi) is 5.45. The Morgan fingerprint density at radius 1 is 1.09 bits per heavy atom. The maximum atomic E-state index is 13.0. The molecule has 166 valence electrons. The van der Waals surface area contributed by atoms with Gasteiger partial charge in [0.05, 0.1) is 22.3 Å². The van der Waals surface area contributed by atoms with Crippen molar-refractivity contribution < 1.29 is 27.9 Å². The number of rotatable bonds is 4. The zero-order valence-corrected chi connectivity index (χ0v) is 17.0. The van der Waals surface area contributed by atoms with Crippen LogP contribution in [0.2, 0.25) is 0 Å². The lowest BCUT2D eigenvalue weighted by atomic mass is 10.1. The van der Waals surface area contributed by atoms with Gasteiger partial charge in [0, 0.05) is 17.8 Å². The molecule has 1 saturated heterocycles. The van der Waals surface area contributed by atoms with Crippen molar-refractivity contribution in [3.05, 3.63) is 59.3 Å². The molecule has 0 aliphatic carbocycles. The molecule has 3 aromatic rings. The molecule has 1 unspecified atom stereocenters. The van der Waals surface area contributed by atoms with Gasteiger partial charge in [-0.1, -0.05) is 0 Å². The minimum atomic E-state index is -4.48. The van der Waals surface area contributed by atoms with Crippen LogP contribution in [0.5, 0.6) is 0 Å². The maximum Gasteiger partial charge on any atom is 0.416 e. The molecular formula is C22H19F3N4O3. The highest BCUT2D eigenvalue weighted by atomic mass is 19.4. The number of carboxylic acid groups (broad SMARTS) is 1. The number of fused-ring (bicyclic) bond motifs is 1. The molecule has 1 aromatic heterocycles. The molecule has 1 aliphatic heterocycles. The summed E-state index contributed by atoms with van der Waals surface area (Å²) in [6.45, 7) is 2.07. The van der Waals surface area contributed by atoms with Crippen molar-refractivity contribution in [2.45, 2.75) is 32.0 Å². The quantitative estimate of drug-likeness (QED) is 0.620. The largest absolute Gasteiger partial charge is 0.480 e. The van der Waals surface area contributed by atoms with Gasteiger partial charge in [-0.05, 0) is 62.2 Å². The van der Waals surface area contributed by atoms with Gasteiger partial charge >= 0.3 is 12.1 Å². The first-order valence-corrected chi connectivity index (χ1v) is 9.90. The van der Waals surface area contributed by atoms with E-state index in [4.69, 9.17) is 0 Å². The highest BCUT2D eigenvalue weighted by molar-refractivity contribution is 5.97. The van der Waals surface area contributed by atoms with Crippen LogP contribution >= 0.6 is 0 Å². The molecule has 1 fully saturated rings. The van der Waals surface area contributed by atoms with Crippen LogP contribution in [0, 0.1) is 6.92 Å². The molecule has 32 heavy (non-hydrogen) atoms. The van der Waals surface area contributed by atoms with E-state index in [1.165, 1.54) is 11.0 Å². The summed E-state index contributed by atoms with van der Waals surface area (Å²) in [7, 11) is 0. The van der Waals surface area contributed by atoms with Gasteiger partial charge in [0.25, 0.3) is 5.91 Å². The van der Waals surface area contributed by atoms with E-state index in [1.54, 1.807) is 31.2 Å². The molecule has 2 N–H and O–H groups in total. The molecule has 4 rings (SSSR count). The maximum absolute atomic E-state index is 13.0. The number of anilines is 2. The van der Waals surface area contributed by atoms with Crippen molar-refractivity contribution in [3.63, 3.8) is 0 Å². The van der Waals surface area contributed by atoms with E-state index in [0.29, 0.717) is 47.7 Å². The van der Waals surface area contributed by atoms with Gasteiger partial charge in [-0.2, -0.15) is 13.2 Å². The molecule has 2 heterocycles. The van der Waals surface area contributed by atoms with E-state index in [1.807, 2.05) is 0 Å². The average Bonchev–Trinajstić information content (AvgIpc) is 3.23. The van der Waals surface area contributed by atoms with Crippen molar-refractivity contribution in [2.75, 3.05) is 11.9 Å². The number of hydrogen-bond acceptors (Lipinski definition) is 5. The normalized spacial score (nSPS) is 16.4. The fourth-order valence-corrected chi connectivity index (χ4v) is 3.70. The molecule has 0 saturated carbocycles. The van der Waals surface area contributed by atoms with Gasteiger partial charge in [0.2, 0.25) is 0 Å². The number of aryl methyl sites for hydroxylation is 1. The number of nitrogens with one attached hydrogen (secondary N) is 1. The number of carbonyl (C=O) groups excluding carboxylic acids is 1. The molecule has 1 atom stereocenters. The fourth-order valence-electron chi connectivity index (χ4n) is 3.70. The summed E-state index contributed by atoms with van der Waals surface area (Å²) in [5, 5.41) is 12.3. The highest BCUT2D eigenvalue weighted by Gasteiger charge is 2.34. The zero-order valence-electron chi connectivity index (χ0n) is 17.0. The molecule has 0 bridgehead atoms. The van der Waals surface area contributed by atoms with Crippen LogP contribution in [0.3, 0.4) is 0 Å². The van der Waals surface area contributed by atoms with Crippen molar-refractivity contribution >= 4 is 34.4 Å². The Morgan fingerprint density at radius 3 is 2.47 bits per heavy atom. The third-order valence-corrected chi connectivity index (χ3v) is 5.36. The van der Waals surface area contributed by atoms with E-state index in [0.717, 1.165) is 12.1 Å². The summed E-state index contributed by atoms with van der Waals surface area (Å²) in [6.07, 6.45) is -3.42. The first kappa shape index (κ1) is 21.5. The van der Waals surface area contributed by atoms with Gasteiger partial charge < -0.3 is 15.3 Å². The van der Waals surface area contributed by atoms with Gasteiger partial charge in [0.15, 0.2) is 5.82 Å². The predicted octanol–water partition coefficient (Wildman–Crippen LogP) is 4.39. The molecule has 7 nitrogen and oxygen atoms in total. The van der Waals surface area contributed by atoms with Crippen LogP contribution in [0.15, 0.2) is 42.5 Å². The second kappa shape index (κ2) is 8.10. The topological polar surface area (TPSA) is 95.4 Å². The van der Waals surface area contributed by atoms with Gasteiger partial charge in [-0.15, -0.1) is 0 Å². The van der Waals surface area contributed by atoms with E-state index in [9.17, 15) is 27.9 Å². The Morgan fingerprint density at radius 2 is 1.81 bits per heavy atom. The summed E-state index contributed by atoms with van der Waals surface area (Å²) in [5.41, 5.74) is 1.05. The van der Waals surface area contributed by atoms with Crippen molar-refractivity contribution in [1.29, 1.82) is 0 Å². The van der Waals surface area contributed by atoms with Gasteiger partial charge in [-0.25, -0.2) is 14.8 Å². The SMILES string of the molecule is Cc1nc2ccc(C(F)(F)F)cc2nc1Nc1ccc(C(=O)N2CCCC2C(=O)O)cc1. The van der Waals surface area contributed by atoms with E-state index in [2.05, 4.69) is 15.3 Å². The molecule has 1 amide bonds. The van der Waals surface area contributed by atoms with Gasteiger partial charge in [-0.3, -0.25) is 4.79 Å². The summed E-state index contributed by atoms with van der Waals surface area (Å²) in [4.78, 5) is 33.9. The molecule has 0 radical (unpaired) electrons. The van der Waals surface area contributed by atoms with E-state index < -0.39 is 23.8 Å². The van der Waals surface area contributed by atoms with Crippen molar-refractivity contribution in [3.8, 4) is 0 Å². The number of halogens is 3. The molecule has 1 aliphatic rings. The highest BCUT2D eigenvalue weighted by Crippen LogP contribution is 2.31. The molecule has 0 spiro atoms. The Hall–Kier alpha value is -3.69. The zero-order chi connectivity index (χ0) is 23.0. The first-order chi connectivity index (χ1) is 15.1. The number of carboxylic acids is 1. The Labute approximate surface area is 180 Å². The number of alkyl halides is 3. The Bertz CT molecular complexity index is 1200. The lowest BCUT2D eigenvalue weighted by molar-refractivity contribution is -0.141. The lowest BCUT2D eigenvalue weighted by Gasteiger charge is -2.21. The number of aromatic nitrogens is 2. The summed E-state index contributed by atoms with van der Waals surface area (Å²) < 4.78 is 39.0. The Balaban J connectivity index is 1.56. The van der Waals surface area contributed by atoms with Crippen molar-refractivity contribution in [1.82, 2.24) is 14.9 Å². The number of benzene rings is 2. The molecular weight excluding hydrogens is 425 g/mol. The number of nitrogens with zero attached hydrogens (tertiary/aromatic N) is 3. The second-order valence-corrected chi connectivity index (χ2v) is 7.56. The number of amides is 1. The summed E-state index contributed by atoms with van der Waals surface area (Å²) in [5.74, 6) is -1.09. The first-order valence-electron chi connectivity index (χ1n) is 9.90. The second-order valence-electron chi connectivity index (χ2n) is 7.56. The number of carbonyl (C=O) groups is 2. The van der Waals surface area contributed by atoms with Crippen LogP contribution < -0.4 is 5.32 Å². The van der Waals surface area contributed by atoms with E-state index >= 15 is 0 Å². The third-order valence-electron chi connectivity index (χ3n) is 5.36. The molecule has 2 aromatic carbocycles. The van der Waals surface area contributed by atoms with Crippen LogP contribution in [0.25, 0.3) is 11.0 Å². The number of hydrogen-bond donors (Lipinski definition) is 2.